The van der Waals surface area contributed by atoms with Crippen LogP contribution >= 0.6 is 11.6 Å². The Kier molecular flexibility index (Phi) is 3.36. The molecule has 1 aliphatic rings. The summed E-state index contributed by atoms with van der Waals surface area (Å²) in [6, 6.07) is 13.4. The maximum absolute atomic E-state index is 12.1. The zero-order valence-electron chi connectivity index (χ0n) is 11.0. The van der Waals surface area contributed by atoms with Crippen LogP contribution in [0.4, 0.5) is 11.4 Å². The number of halogens is 1. The molecule has 1 heterocycles. The van der Waals surface area contributed by atoms with Crippen molar-refractivity contribution in [1.82, 2.24) is 0 Å². The van der Waals surface area contributed by atoms with Gasteiger partial charge >= 0.3 is 0 Å². The van der Waals surface area contributed by atoms with Crippen LogP contribution in [0.2, 0.25) is 5.02 Å². The van der Waals surface area contributed by atoms with Crippen LogP contribution in [0.1, 0.15) is 11.1 Å². The molecule has 2 N–H and O–H groups in total. The average molecular weight is 287 g/mol. The molecule has 0 aromatic heterocycles. The molecular weight excluding hydrogens is 272 g/mol. The van der Waals surface area contributed by atoms with E-state index in [2.05, 4.69) is 0 Å². The van der Waals surface area contributed by atoms with Gasteiger partial charge in [-0.2, -0.15) is 0 Å². The number of fused-ring (bicyclic) bond motifs is 1. The summed E-state index contributed by atoms with van der Waals surface area (Å²) in [5.74, 6) is 0.137. The third-order valence-corrected chi connectivity index (χ3v) is 3.82. The summed E-state index contributed by atoms with van der Waals surface area (Å²) < 4.78 is 0. The van der Waals surface area contributed by atoms with Crippen molar-refractivity contribution in [3.05, 3.63) is 58.6 Å². The van der Waals surface area contributed by atoms with Crippen molar-refractivity contribution >= 4 is 28.9 Å². The Morgan fingerprint density at radius 1 is 1.15 bits per heavy atom. The SMILES string of the molecule is Nc1ccc(CCN2C(=O)Cc3ccc(Cl)cc32)cc1. The smallest absolute Gasteiger partial charge is 0.231 e. The van der Waals surface area contributed by atoms with Crippen molar-refractivity contribution in [3.8, 4) is 0 Å². The number of nitrogens with zero attached hydrogens (tertiary/aromatic N) is 1. The minimum absolute atomic E-state index is 0.137. The molecule has 0 saturated heterocycles. The molecule has 3 nitrogen and oxygen atoms in total. The van der Waals surface area contributed by atoms with Gasteiger partial charge in [-0.1, -0.05) is 29.8 Å². The molecule has 4 heteroatoms. The molecule has 2 aromatic carbocycles. The monoisotopic (exact) mass is 286 g/mol. The van der Waals surface area contributed by atoms with Gasteiger partial charge in [-0.3, -0.25) is 4.79 Å². The molecule has 0 aliphatic carbocycles. The first-order valence-corrected chi connectivity index (χ1v) is 6.94. The number of hydrogen-bond donors (Lipinski definition) is 1. The number of carbonyl (C=O) groups excluding carboxylic acids is 1. The molecule has 0 unspecified atom stereocenters. The molecule has 3 rings (SSSR count). The van der Waals surface area contributed by atoms with E-state index in [-0.39, 0.29) is 5.91 Å². The van der Waals surface area contributed by atoms with Crippen LogP contribution in [-0.2, 0) is 17.6 Å². The molecule has 102 valence electrons. The fraction of sp³-hybridized carbons (Fsp3) is 0.188. The van der Waals surface area contributed by atoms with Crippen molar-refractivity contribution in [2.24, 2.45) is 0 Å². The van der Waals surface area contributed by atoms with E-state index in [1.807, 2.05) is 47.4 Å². The lowest BCUT2D eigenvalue weighted by molar-refractivity contribution is -0.117. The maximum Gasteiger partial charge on any atom is 0.231 e. The van der Waals surface area contributed by atoms with Gasteiger partial charge in [-0.25, -0.2) is 0 Å². The molecule has 1 amide bonds. The van der Waals surface area contributed by atoms with Crippen molar-refractivity contribution < 1.29 is 4.79 Å². The molecule has 0 saturated carbocycles. The summed E-state index contributed by atoms with van der Waals surface area (Å²) in [6.07, 6.45) is 1.27. The average Bonchev–Trinajstić information content (AvgIpc) is 2.73. The Hall–Kier alpha value is -2.00. The fourth-order valence-corrected chi connectivity index (χ4v) is 2.67. The standard InChI is InChI=1S/C16H15ClN2O/c17-13-4-3-12-9-16(20)19(15(12)10-13)8-7-11-1-5-14(18)6-2-11/h1-6,10H,7-9,18H2. The van der Waals surface area contributed by atoms with Crippen LogP contribution in [0, 0.1) is 0 Å². The Labute approximate surface area is 123 Å². The van der Waals surface area contributed by atoms with E-state index in [4.69, 9.17) is 17.3 Å². The van der Waals surface area contributed by atoms with Gasteiger partial charge in [0.2, 0.25) is 5.91 Å². The summed E-state index contributed by atoms with van der Waals surface area (Å²) in [6.45, 7) is 0.663. The lowest BCUT2D eigenvalue weighted by Gasteiger charge is -2.17. The highest BCUT2D eigenvalue weighted by atomic mass is 35.5. The predicted molar refractivity (Wildman–Crippen MR) is 82.1 cm³/mol. The molecular formula is C16H15ClN2O. The van der Waals surface area contributed by atoms with E-state index in [0.29, 0.717) is 18.0 Å². The fourth-order valence-electron chi connectivity index (χ4n) is 2.50. The van der Waals surface area contributed by atoms with Gasteiger partial charge in [0.25, 0.3) is 0 Å². The summed E-state index contributed by atoms with van der Waals surface area (Å²) in [4.78, 5) is 13.9. The lowest BCUT2D eigenvalue weighted by Crippen LogP contribution is -2.28. The zero-order chi connectivity index (χ0) is 14.1. The van der Waals surface area contributed by atoms with Gasteiger partial charge in [0.05, 0.1) is 6.42 Å². The van der Waals surface area contributed by atoms with E-state index in [9.17, 15) is 4.79 Å². The van der Waals surface area contributed by atoms with E-state index < -0.39 is 0 Å². The maximum atomic E-state index is 12.1. The van der Waals surface area contributed by atoms with E-state index in [1.54, 1.807) is 0 Å². The van der Waals surface area contributed by atoms with E-state index in [0.717, 1.165) is 23.4 Å². The summed E-state index contributed by atoms with van der Waals surface area (Å²) in [5, 5.41) is 0.663. The van der Waals surface area contributed by atoms with Crippen LogP contribution < -0.4 is 10.6 Å². The van der Waals surface area contributed by atoms with Crippen LogP contribution in [0.5, 0.6) is 0 Å². The first kappa shape index (κ1) is 13.0. The first-order chi connectivity index (χ1) is 9.63. The van der Waals surface area contributed by atoms with Crippen LogP contribution in [-0.4, -0.2) is 12.5 Å². The Bertz CT molecular complexity index is 652. The van der Waals surface area contributed by atoms with Gasteiger partial charge in [0.15, 0.2) is 0 Å². The number of hydrogen-bond acceptors (Lipinski definition) is 2. The van der Waals surface area contributed by atoms with Crippen molar-refractivity contribution in [1.29, 1.82) is 0 Å². The van der Waals surface area contributed by atoms with Crippen molar-refractivity contribution in [2.45, 2.75) is 12.8 Å². The highest BCUT2D eigenvalue weighted by Gasteiger charge is 2.26. The van der Waals surface area contributed by atoms with Crippen LogP contribution in [0.15, 0.2) is 42.5 Å². The molecule has 0 atom stereocenters. The quantitative estimate of drug-likeness (QED) is 0.882. The second-order valence-corrected chi connectivity index (χ2v) is 5.42. The molecule has 2 aromatic rings. The van der Waals surface area contributed by atoms with Crippen molar-refractivity contribution in [2.75, 3.05) is 17.2 Å². The number of nitrogen functional groups attached to an aromatic ring is 1. The zero-order valence-corrected chi connectivity index (χ0v) is 11.7. The normalized spacial score (nSPS) is 13.7. The summed E-state index contributed by atoms with van der Waals surface area (Å²) >= 11 is 6.02. The van der Waals surface area contributed by atoms with E-state index >= 15 is 0 Å². The number of rotatable bonds is 3. The molecule has 0 bridgehead atoms. The second kappa shape index (κ2) is 5.17. The third kappa shape index (κ3) is 2.49. The summed E-state index contributed by atoms with van der Waals surface area (Å²) in [5.41, 5.74) is 9.58. The van der Waals surface area contributed by atoms with Crippen LogP contribution in [0.25, 0.3) is 0 Å². The van der Waals surface area contributed by atoms with Gasteiger partial charge in [-0.05, 0) is 41.8 Å². The Balaban J connectivity index is 1.76. The minimum Gasteiger partial charge on any atom is -0.399 e. The topological polar surface area (TPSA) is 46.3 Å². The first-order valence-electron chi connectivity index (χ1n) is 6.57. The van der Waals surface area contributed by atoms with Crippen molar-refractivity contribution in [3.63, 3.8) is 0 Å². The largest absolute Gasteiger partial charge is 0.399 e. The molecule has 20 heavy (non-hydrogen) atoms. The molecule has 0 fully saturated rings. The molecule has 0 spiro atoms. The van der Waals surface area contributed by atoms with Gasteiger partial charge in [0.1, 0.15) is 0 Å². The van der Waals surface area contributed by atoms with Gasteiger partial charge in [0, 0.05) is 22.9 Å². The molecule has 1 aliphatic heterocycles. The highest BCUT2D eigenvalue weighted by molar-refractivity contribution is 6.31. The predicted octanol–water partition coefficient (Wildman–Crippen LogP) is 3.05. The van der Waals surface area contributed by atoms with Gasteiger partial charge in [-0.15, -0.1) is 0 Å². The Morgan fingerprint density at radius 3 is 2.65 bits per heavy atom. The minimum atomic E-state index is 0.137. The Morgan fingerprint density at radius 2 is 1.90 bits per heavy atom. The molecule has 0 radical (unpaired) electrons. The highest BCUT2D eigenvalue weighted by Crippen LogP contribution is 2.31. The number of benzene rings is 2. The lowest BCUT2D eigenvalue weighted by atomic mass is 10.1. The second-order valence-electron chi connectivity index (χ2n) is 4.99. The number of nitrogens with two attached hydrogens (primary N) is 1. The number of carbonyl (C=O) groups is 1. The third-order valence-electron chi connectivity index (χ3n) is 3.58. The number of anilines is 2. The summed E-state index contributed by atoms with van der Waals surface area (Å²) in [7, 11) is 0. The number of amides is 1. The van der Waals surface area contributed by atoms with E-state index in [1.165, 1.54) is 5.56 Å². The van der Waals surface area contributed by atoms with Crippen LogP contribution in [0.3, 0.4) is 0 Å². The van der Waals surface area contributed by atoms with Gasteiger partial charge < -0.3 is 10.6 Å².